The van der Waals surface area contributed by atoms with E-state index in [4.69, 9.17) is 56.8 Å². The van der Waals surface area contributed by atoms with Crippen LogP contribution in [0.1, 0.15) is 56.8 Å². The van der Waals surface area contributed by atoms with Crippen molar-refractivity contribution < 1.29 is 56.8 Å². The molecule has 6 aromatic rings. The maximum atomic E-state index is 5.96. The summed E-state index contributed by atoms with van der Waals surface area (Å²) in [5.41, 5.74) is 9.30. The Bertz CT molecular complexity index is 2510. The molecule has 0 aliphatic heterocycles. The van der Waals surface area contributed by atoms with Gasteiger partial charge in [0.05, 0.1) is 85.3 Å². The predicted molar refractivity (Wildman–Crippen MR) is 274 cm³/mol. The minimum Gasteiger partial charge on any atom is -0.493 e. The highest BCUT2D eigenvalue weighted by atomic mass is 16.5. The van der Waals surface area contributed by atoms with Gasteiger partial charge in [0.25, 0.3) is 0 Å². The van der Waals surface area contributed by atoms with Crippen LogP contribution in [0.3, 0.4) is 0 Å². The molecule has 0 saturated heterocycles. The van der Waals surface area contributed by atoms with Crippen LogP contribution in [0.5, 0.6) is 69.0 Å². The van der Waals surface area contributed by atoms with Gasteiger partial charge in [-0.25, -0.2) is 0 Å². The van der Waals surface area contributed by atoms with Gasteiger partial charge in [0.1, 0.15) is 0 Å². The lowest BCUT2D eigenvalue weighted by Gasteiger charge is -2.30. The van der Waals surface area contributed by atoms with Crippen molar-refractivity contribution in [3.63, 3.8) is 0 Å². The maximum Gasteiger partial charge on any atom is 0.203 e. The minimum atomic E-state index is 0.0283. The zero-order valence-electron chi connectivity index (χ0n) is 42.9. The van der Waals surface area contributed by atoms with Gasteiger partial charge in [0.15, 0.2) is 46.0 Å². The van der Waals surface area contributed by atoms with Crippen molar-refractivity contribution in [2.75, 3.05) is 85.3 Å². The first-order chi connectivity index (χ1) is 34.1. The van der Waals surface area contributed by atoms with Crippen LogP contribution in [0.4, 0.5) is 0 Å². The van der Waals surface area contributed by atoms with Gasteiger partial charge in [-0.2, -0.15) is 0 Å². The fourth-order valence-electron chi connectivity index (χ4n) is 9.33. The van der Waals surface area contributed by atoms with E-state index in [1.54, 1.807) is 85.3 Å². The number of hydrogen-bond donors (Lipinski definition) is 0. The lowest BCUT2D eigenvalue weighted by Crippen LogP contribution is -2.20. The Balaban J connectivity index is 1.34. The van der Waals surface area contributed by atoms with E-state index in [9.17, 15) is 0 Å². The molecule has 0 bridgehead atoms. The van der Waals surface area contributed by atoms with E-state index in [1.807, 2.05) is 36.4 Å². The molecular formula is C58H70O12. The molecule has 0 aliphatic carbocycles. The predicted octanol–water partition coefficient (Wildman–Crippen LogP) is 11.2. The largest absolute Gasteiger partial charge is 0.493 e. The summed E-state index contributed by atoms with van der Waals surface area (Å²) in [4.78, 5) is 0. The molecule has 0 N–H and O–H groups in total. The third-order valence-corrected chi connectivity index (χ3v) is 13.1. The third-order valence-electron chi connectivity index (χ3n) is 13.1. The van der Waals surface area contributed by atoms with E-state index in [1.165, 1.54) is 22.3 Å². The Morgan fingerprint density at radius 2 is 0.529 bits per heavy atom. The average molecular weight is 959 g/mol. The van der Waals surface area contributed by atoms with Crippen molar-refractivity contribution in [2.45, 2.75) is 57.3 Å². The fourth-order valence-corrected chi connectivity index (χ4v) is 9.33. The van der Waals surface area contributed by atoms with Crippen LogP contribution in [0.15, 0.2) is 97.1 Å². The molecule has 0 saturated carbocycles. The highest BCUT2D eigenvalue weighted by Gasteiger charge is 2.28. The van der Waals surface area contributed by atoms with E-state index in [0.717, 1.165) is 73.6 Å². The Morgan fingerprint density at radius 1 is 0.271 bits per heavy atom. The van der Waals surface area contributed by atoms with Crippen molar-refractivity contribution in [3.05, 3.63) is 142 Å². The van der Waals surface area contributed by atoms with Gasteiger partial charge >= 0.3 is 0 Å². The zero-order chi connectivity index (χ0) is 50.2. The number of ether oxygens (including phenoxy) is 12. The van der Waals surface area contributed by atoms with Gasteiger partial charge in [0.2, 0.25) is 23.0 Å². The van der Waals surface area contributed by atoms with Crippen LogP contribution in [-0.2, 0) is 44.9 Å². The monoisotopic (exact) mass is 958 g/mol. The molecule has 2 atom stereocenters. The SMILES string of the molecule is COc1cc(CCc2ccc(C[C@H](CCc3cc(OC)c(OC)c(OC)c3)[C@H](Cc3ccc(CCc4cc(OC)c(OC)c(OC)c4)cc3)c3cc(OC)c(OC)c(OC)c3)cc2)cc(OC)c1OC. The van der Waals surface area contributed by atoms with E-state index in [2.05, 4.69) is 60.7 Å². The summed E-state index contributed by atoms with van der Waals surface area (Å²) in [6, 6.07) is 34.4. The van der Waals surface area contributed by atoms with Crippen LogP contribution in [-0.4, -0.2) is 85.3 Å². The third kappa shape index (κ3) is 12.6. The van der Waals surface area contributed by atoms with E-state index >= 15 is 0 Å². The van der Waals surface area contributed by atoms with Gasteiger partial charge in [-0.05, 0) is 156 Å². The lowest BCUT2D eigenvalue weighted by atomic mass is 9.75. The van der Waals surface area contributed by atoms with Crippen LogP contribution in [0.25, 0.3) is 0 Å². The molecule has 12 nitrogen and oxygen atoms in total. The summed E-state index contributed by atoms with van der Waals surface area (Å²) in [6.07, 6.45) is 6.47. The summed E-state index contributed by atoms with van der Waals surface area (Å²) in [7, 11) is 19.7. The number of hydrogen-bond acceptors (Lipinski definition) is 12. The van der Waals surface area contributed by atoms with Crippen LogP contribution >= 0.6 is 0 Å². The van der Waals surface area contributed by atoms with Crippen molar-refractivity contribution >= 4 is 0 Å². The quantitative estimate of drug-likeness (QED) is 0.0490. The number of rotatable bonds is 27. The highest BCUT2D eigenvalue weighted by molar-refractivity contribution is 5.57. The normalized spacial score (nSPS) is 11.8. The van der Waals surface area contributed by atoms with Gasteiger partial charge < -0.3 is 56.8 Å². The van der Waals surface area contributed by atoms with Crippen LogP contribution in [0.2, 0.25) is 0 Å². The number of methoxy groups -OCH3 is 12. The standard InChI is InChI=1S/C58H70O12/c1-59-47-29-41(30-48(60-2)55(47)67-9)23-17-37-13-19-39(20-14-37)27-44(26-25-43-33-51(63-5)57(69-11)52(34-43)64-6)46(45-35-53(65-7)58(70-12)54(36-45)66-8)28-40-21-15-38(16-22-40)18-24-42-31-49(61-3)56(68-10)50(32-42)62-4/h13-16,19-22,29-36,44,46H,17-18,23-28H2,1-12H3/t44-,46-/m0/s1. The van der Waals surface area contributed by atoms with Gasteiger partial charge in [-0.3, -0.25) is 0 Å². The molecule has 374 valence electrons. The summed E-state index contributed by atoms with van der Waals surface area (Å²) >= 11 is 0. The summed E-state index contributed by atoms with van der Waals surface area (Å²) < 4.78 is 68.6. The molecule has 0 heterocycles. The number of aryl methyl sites for hydroxylation is 5. The molecule has 6 rings (SSSR count). The average Bonchev–Trinajstić information content (AvgIpc) is 3.41. The lowest BCUT2D eigenvalue weighted by molar-refractivity contribution is 0.320. The first-order valence-corrected chi connectivity index (χ1v) is 23.4. The second kappa shape index (κ2) is 25.5. The van der Waals surface area contributed by atoms with Crippen molar-refractivity contribution in [2.24, 2.45) is 5.92 Å². The molecule has 0 amide bonds. The van der Waals surface area contributed by atoms with Gasteiger partial charge in [0, 0.05) is 0 Å². The zero-order valence-corrected chi connectivity index (χ0v) is 42.9. The number of benzene rings is 6. The second-order valence-electron chi connectivity index (χ2n) is 17.0. The second-order valence-corrected chi connectivity index (χ2v) is 17.0. The van der Waals surface area contributed by atoms with Gasteiger partial charge in [-0.1, -0.05) is 48.5 Å². The molecule has 0 radical (unpaired) electrons. The van der Waals surface area contributed by atoms with Crippen LogP contribution < -0.4 is 56.8 Å². The topological polar surface area (TPSA) is 111 Å². The summed E-state index contributed by atoms with van der Waals surface area (Å²) in [5.74, 6) is 7.54. The first kappa shape index (κ1) is 52.3. The summed E-state index contributed by atoms with van der Waals surface area (Å²) in [6.45, 7) is 0. The minimum absolute atomic E-state index is 0.0283. The highest BCUT2D eigenvalue weighted by Crippen LogP contribution is 2.45. The van der Waals surface area contributed by atoms with Crippen molar-refractivity contribution in [3.8, 4) is 69.0 Å². The molecule has 0 aliphatic rings. The molecule has 0 spiro atoms. The van der Waals surface area contributed by atoms with Crippen molar-refractivity contribution in [1.82, 2.24) is 0 Å². The maximum absolute atomic E-state index is 5.96. The molecule has 0 aromatic heterocycles. The Hall–Kier alpha value is -7.08. The van der Waals surface area contributed by atoms with Crippen LogP contribution in [0, 0.1) is 5.92 Å². The molecule has 0 fully saturated rings. The summed E-state index contributed by atoms with van der Waals surface area (Å²) in [5, 5.41) is 0. The Kier molecular flexibility index (Phi) is 19.1. The molecular weight excluding hydrogens is 889 g/mol. The molecule has 70 heavy (non-hydrogen) atoms. The van der Waals surface area contributed by atoms with E-state index in [-0.39, 0.29) is 11.8 Å². The first-order valence-electron chi connectivity index (χ1n) is 23.4. The van der Waals surface area contributed by atoms with Crippen molar-refractivity contribution in [1.29, 1.82) is 0 Å². The van der Waals surface area contributed by atoms with E-state index < -0.39 is 0 Å². The smallest absolute Gasteiger partial charge is 0.203 e. The fraction of sp³-hybridized carbons (Fsp3) is 0.379. The molecule has 0 unspecified atom stereocenters. The van der Waals surface area contributed by atoms with Gasteiger partial charge in [-0.15, -0.1) is 0 Å². The molecule has 6 aromatic carbocycles. The Labute approximate surface area is 414 Å². The molecule has 12 heteroatoms. The Morgan fingerprint density at radius 3 is 0.829 bits per heavy atom. The van der Waals surface area contributed by atoms with E-state index in [0.29, 0.717) is 69.0 Å².